The van der Waals surface area contributed by atoms with Crippen LogP contribution in [-0.4, -0.2) is 201 Å². The molecule has 29 nitrogen and oxygen atoms in total. The highest BCUT2D eigenvalue weighted by Gasteiger charge is 2.64. The summed E-state index contributed by atoms with van der Waals surface area (Å²) in [5, 5.41) is 56.1. The number of cyclic esters (lactones) is 1. The number of carbonyl (C=O) groups excluding carboxylic acids is 5. The number of piperazine rings is 2. The predicted octanol–water partition coefficient (Wildman–Crippen LogP) is 11.1. The Morgan fingerprint density at radius 1 is 0.669 bits per heavy atom. The van der Waals surface area contributed by atoms with Crippen LogP contribution in [0.15, 0.2) is 101 Å². The molecule has 6 aromatic carbocycles. The number of aryl methyl sites for hydroxylation is 2. The lowest BCUT2D eigenvalue weighted by molar-refractivity contribution is -0.158. The van der Waals surface area contributed by atoms with Crippen LogP contribution in [0.4, 0.5) is 9.59 Å². The van der Waals surface area contributed by atoms with Crippen molar-refractivity contribution in [3.8, 4) is 58.1 Å². The van der Waals surface area contributed by atoms with Crippen molar-refractivity contribution in [3.05, 3.63) is 187 Å². The van der Waals surface area contributed by atoms with E-state index in [1.165, 1.54) is 23.9 Å². The van der Waals surface area contributed by atoms with Gasteiger partial charge in [0.15, 0.2) is 51.5 Å². The van der Waals surface area contributed by atoms with E-state index < -0.39 is 71.7 Å². The van der Waals surface area contributed by atoms with Crippen LogP contribution in [0.25, 0.3) is 21.9 Å². The number of hydrogen-bond acceptors (Lipinski definition) is 29. The number of carbonyl (C=O) groups is 5. The van der Waals surface area contributed by atoms with Crippen LogP contribution < -0.4 is 50.1 Å². The van der Waals surface area contributed by atoms with Crippen LogP contribution in [0.5, 0.6) is 46.0 Å². The molecular weight excluding hydrogens is 1590 g/mol. The number of nitrogens with zero attached hydrogens (tertiary/aromatic N) is 6. The molecule has 2 amide bonds. The molecule has 0 saturated carbocycles. The summed E-state index contributed by atoms with van der Waals surface area (Å²) in [5.41, 5.74) is 20.8. The van der Waals surface area contributed by atoms with Crippen molar-refractivity contribution < 1.29 is 90.4 Å². The fraction of sp³-hybridized carbons (Fsp3) is 0.433. The number of nitrogens with two attached hydrogens (primary N) is 1. The van der Waals surface area contributed by atoms with Gasteiger partial charge in [0.2, 0.25) is 19.4 Å². The molecule has 4 saturated heterocycles. The summed E-state index contributed by atoms with van der Waals surface area (Å²) >= 11 is 2.98. The second-order valence-electron chi connectivity index (χ2n) is 32.6. The first-order valence-corrected chi connectivity index (χ1v) is 42.6. The molecule has 1 spiro atoms. The molecule has 14 heterocycles. The number of furan rings is 2. The van der Waals surface area contributed by atoms with Gasteiger partial charge in [-0.3, -0.25) is 29.7 Å². The van der Waals surface area contributed by atoms with Gasteiger partial charge < -0.3 is 82.8 Å². The maximum absolute atomic E-state index is 15.2. The maximum atomic E-state index is 15.2. The number of phenolic OH excluding ortho intramolecular Hbond substituents is 2. The van der Waals surface area contributed by atoms with E-state index in [2.05, 4.69) is 79.9 Å². The summed E-state index contributed by atoms with van der Waals surface area (Å²) in [7, 11) is 7.17. The minimum absolute atomic E-state index is 0.0499. The van der Waals surface area contributed by atoms with E-state index in [9.17, 15) is 39.9 Å². The number of ketones is 1. The molecular formula is C90H96N10O19S2. The summed E-state index contributed by atoms with van der Waals surface area (Å²) in [6.07, 6.45) is 5.82. The highest BCUT2D eigenvalue weighted by molar-refractivity contribution is 8.00. The van der Waals surface area contributed by atoms with E-state index in [1.807, 2.05) is 97.2 Å². The van der Waals surface area contributed by atoms with E-state index >= 15 is 4.79 Å². The summed E-state index contributed by atoms with van der Waals surface area (Å²) in [6.45, 7) is 19.8. The molecule has 12 aliphatic rings. The normalized spacial score (nSPS) is 26.5. The Balaban J connectivity index is 0.000000147. The topological polar surface area (TPSA) is 367 Å². The van der Waals surface area contributed by atoms with Crippen molar-refractivity contribution in [3.63, 3.8) is 0 Å². The largest absolute Gasteiger partial charge is 0.504 e. The molecule has 8 aromatic rings. The average molecular weight is 1690 g/mol. The zero-order valence-corrected chi connectivity index (χ0v) is 70.4. The van der Waals surface area contributed by atoms with Gasteiger partial charge in [-0.2, -0.15) is 10.5 Å². The van der Waals surface area contributed by atoms with Gasteiger partial charge in [-0.1, -0.05) is 73.8 Å². The van der Waals surface area contributed by atoms with E-state index in [0.717, 1.165) is 105 Å². The van der Waals surface area contributed by atoms with Crippen molar-refractivity contribution in [2.75, 3.05) is 92.9 Å². The standard InChI is InChI=1S/C45H47N5O9S.C30H31N3O7S.C15H18N2O3/c1-7-12-55-44(53)47-17-25-15-27-26-10-8-9-11-31(26)59-42(27)45(48-25)19-60-41-32-22(3)23(4)39-40(58-20-57-39)34(32)30(18-56-43(45)52)50-29(16-46)28-14-24-13-21(2)38(54-6)37(51)33(24)35(36(41)50)49(28)5;1-12-6-15-7-16-17(8-31)33-18-9-38-30(36)19(34)10-41-29(20-13(2)14(3)27-28(22(18)20)40-11-39-27)24(33)23(32(16)4)21(15)25(35)26(12)37-5;1-2-7-19-15(18)17-9-12(16)8-11-10-20-14-6-4-3-5-13(11)14/h7-11,13,25,28-30,35-36,41,48,51H,1,12,14-15,17-20H2,2-6H3,(H,47,53);6,16-18,23-24,29,35H,7,9-11H2,1-5H3;2-6,10,12H,1,7-9,16H2,(H,17,18)/t25-,28+,29+,30+,35-,36-,41-,45-;16-,17-,18-,23+,24+,29+;12-/m101/s1. The minimum atomic E-state index is -1.49. The highest BCUT2D eigenvalue weighted by atomic mass is 32.2. The molecule has 31 heteroatoms. The van der Waals surface area contributed by atoms with Crippen molar-refractivity contribution in [1.82, 2.24) is 35.6 Å². The molecule has 7 N–H and O–H groups in total. The number of nitrogens with one attached hydrogen (secondary N) is 3. The van der Waals surface area contributed by atoms with Gasteiger partial charge in [0.25, 0.3) is 0 Å². The molecule has 4 fully saturated rings. The van der Waals surface area contributed by atoms with Crippen LogP contribution in [-0.2, 0) is 64.6 Å². The first-order valence-electron chi connectivity index (χ1n) is 40.5. The third-order valence-corrected chi connectivity index (χ3v) is 29.0. The van der Waals surface area contributed by atoms with Gasteiger partial charge in [-0.25, -0.2) is 19.2 Å². The Kier molecular flexibility index (Phi) is 22.2. The van der Waals surface area contributed by atoms with Gasteiger partial charge in [0.05, 0.1) is 62.5 Å². The van der Waals surface area contributed by atoms with Crippen LogP contribution in [0, 0.1) is 64.2 Å². The lowest BCUT2D eigenvalue weighted by Crippen LogP contribution is -2.69. The summed E-state index contributed by atoms with van der Waals surface area (Å²) in [4.78, 5) is 73.5. The first kappa shape index (κ1) is 82.2. The van der Waals surface area contributed by atoms with Crippen LogP contribution >= 0.6 is 23.5 Å². The number of benzene rings is 6. The van der Waals surface area contributed by atoms with Crippen LogP contribution in [0.2, 0.25) is 0 Å². The molecule has 0 unspecified atom stereocenters. The van der Waals surface area contributed by atoms with E-state index in [1.54, 1.807) is 32.2 Å². The number of thioether (sulfide) groups is 2. The molecule has 0 aliphatic carbocycles. The molecule has 8 bridgehead atoms. The number of ether oxygens (including phenoxy) is 10. The van der Waals surface area contributed by atoms with Crippen molar-refractivity contribution in [2.45, 2.75) is 156 Å². The van der Waals surface area contributed by atoms with E-state index in [4.69, 9.17) is 61.9 Å². The number of hydrogen-bond donors (Lipinski definition) is 6. The van der Waals surface area contributed by atoms with Crippen LogP contribution in [0.3, 0.4) is 0 Å². The number of phenols is 2. The van der Waals surface area contributed by atoms with E-state index in [0.29, 0.717) is 78.1 Å². The number of likely N-dealkylation sites (N-methyl/N-ethyl adjacent to an activating group) is 2. The minimum Gasteiger partial charge on any atom is -0.504 e. The molecule has 20 rings (SSSR count). The van der Waals surface area contributed by atoms with Crippen LogP contribution in [0.1, 0.15) is 129 Å². The Morgan fingerprint density at radius 2 is 1.18 bits per heavy atom. The number of amides is 2. The molecule has 12 aliphatic heterocycles. The van der Waals surface area contributed by atoms with Gasteiger partial charge in [0, 0.05) is 104 Å². The van der Waals surface area contributed by atoms with Gasteiger partial charge in [-0.05, 0) is 155 Å². The van der Waals surface area contributed by atoms with Crippen molar-refractivity contribution in [2.24, 2.45) is 5.73 Å². The first-order chi connectivity index (χ1) is 58.4. The fourth-order valence-corrected chi connectivity index (χ4v) is 24.0. The molecule has 0 radical (unpaired) electrons. The zero-order valence-electron chi connectivity index (χ0n) is 68.8. The van der Waals surface area contributed by atoms with Gasteiger partial charge >= 0.3 is 24.1 Å². The van der Waals surface area contributed by atoms with Gasteiger partial charge in [-0.15, -0.1) is 23.5 Å². The SMILES string of the molecule is C=CCOC(=O)NC[C@H](N)Cc1coc2ccccc12.C=CCOC(=O)NC[C@H]1Cc2c(oc3ccccc23)[C@@]2(CS[C@@H]3c4c(C)c(C)c5c(c4[C@H](COC2=O)N2[C@@H]3[C@H]3c4c(cc(C)c(OC)c4O)C[C@@H]([C@@H]2C#N)N3C)OCO5)N1.COc1c(C)cc2c(c1O)[C@@H]1[C@@H]3[C@@H]4SCC(=O)C(=O)OC[C@@H](c5c6c(c(C)c(C)c54)OCO6)N3[C@@H](C#N)[C@H](C2)N1C. The zero-order chi connectivity index (χ0) is 85.0. The Labute approximate surface area is 707 Å². The van der Waals surface area contributed by atoms with E-state index in [-0.39, 0.29) is 116 Å². The molecule has 632 valence electrons. The fourth-order valence-electron chi connectivity index (χ4n) is 20.9. The highest BCUT2D eigenvalue weighted by Crippen LogP contribution is 2.66. The number of esters is 2. The second-order valence-corrected chi connectivity index (χ2v) is 34.9. The number of alkyl carbamates (subject to hydrolysis) is 2. The number of rotatable bonds is 12. The lowest BCUT2D eigenvalue weighted by Gasteiger charge is -2.62. The number of fused-ring (bicyclic) bond motifs is 21. The predicted molar refractivity (Wildman–Crippen MR) is 447 cm³/mol. The van der Waals surface area contributed by atoms with Crippen molar-refractivity contribution >= 4 is 75.4 Å². The average Bonchev–Trinajstić information content (AvgIpc) is 1.40. The summed E-state index contributed by atoms with van der Waals surface area (Å²) in [5.74, 6) is 2.20. The summed E-state index contributed by atoms with van der Waals surface area (Å²) in [6, 6.07) is 20.1. The molecule has 2 aromatic heterocycles. The molecule has 15 atom stereocenters. The number of para-hydroxylation sites is 2. The lowest BCUT2D eigenvalue weighted by atomic mass is 9.71. The number of nitriles is 2. The number of methoxy groups -OCH3 is 2. The smallest absolute Gasteiger partial charge is 0.407 e. The third kappa shape index (κ3) is 13.5. The second kappa shape index (κ2) is 32.7. The van der Waals surface area contributed by atoms with Crippen molar-refractivity contribution in [1.29, 1.82) is 10.5 Å². The third-order valence-electron chi connectivity index (χ3n) is 26.3. The Hall–Kier alpha value is -11.1. The number of aromatic hydroxyl groups is 2. The summed E-state index contributed by atoms with van der Waals surface area (Å²) < 4.78 is 70.2. The molecule has 121 heavy (non-hydrogen) atoms. The Morgan fingerprint density at radius 3 is 1.73 bits per heavy atom. The quantitative estimate of drug-likeness (QED) is 0.0286. The number of Topliss-reactive ketones (excluding diaryl/α,β-unsaturated/α-hetero) is 1. The van der Waals surface area contributed by atoms with Gasteiger partial charge in [0.1, 0.15) is 55.4 Å². The Bertz CT molecular complexity index is 5680. The maximum Gasteiger partial charge on any atom is 0.407 e. The monoisotopic (exact) mass is 1680 g/mol.